The van der Waals surface area contributed by atoms with Crippen LogP contribution in [0.5, 0.6) is 5.75 Å². The quantitative estimate of drug-likeness (QED) is 0.843. The summed E-state index contributed by atoms with van der Waals surface area (Å²) in [5, 5.41) is 5.89. The van der Waals surface area contributed by atoms with Crippen LogP contribution in [0.25, 0.3) is 0 Å². The van der Waals surface area contributed by atoms with Gasteiger partial charge in [-0.2, -0.15) is 0 Å². The van der Waals surface area contributed by atoms with E-state index in [0.717, 1.165) is 17.0 Å². The Bertz CT molecular complexity index is 428. The molecule has 0 aliphatic heterocycles. The van der Waals surface area contributed by atoms with Gasteiger partial charge in [-0.1, -0.05) is 0 Å². The number of nitrogens with one attached hydrogen (secondary N) is 2. The van der Waals surface area contributed by atoms with E-state index in [1.807, 2.05) is 45.9 Å². The van der Waals surface area contributed by atoms with Crippen molar-refractivity contribution in [3.8, 4) is 5.75 Å². The number of hydrogen-bond donors (Lipinski definition) is 2. The van der Waals surface area contributed by atoms with Gasteiger partial charge in [-0.05, 0) is 58.5 Å². The molecule has 0 spiro atoms. The van der Waals surface area contributed by atoms with Gasteiger partial charge in [0.15, 0.2) is 0 Å². The molecule has 0 aliphatic rings. The number of carbonyl (C=O) groups excluding carboxylic acids is 1. The van der Waals surface area contributed by atoms with Crippen molar-refractivity contribution in [3.05, 3.63) is 23.8 Å². The van der Waals surface area contributed by atoms with Gasteiger partial charge in [0.1, 0.15) is 5.75 Å². The topological polar surface area (TPSA) is 50.4 Å². The Morgan fingerprint density at radius 1 is 1.39 bits per heavy atom. The highest BCUT2D eigenvalue weighted by Crippen LogP contribution is 2.22. The van der Waals surface area contributed by atoms with Crippen molar-refractivity contribution in [3.63, 3.8) is 0 Å². The maximum absolute atomic E-state index is 12.0. The van der Waals surface area contributed by atoms with Crippen molar-refractivity contribution >= 4 is 11.6 Å². The molecule has 100 valence electrons. The maximum Gasteiger partial charge on any atom is 0.244 e. The minimum Gasteiger partial charge on any atom is -0.494 e. The summed E-state index contributed by atoms with van der Waals surface area (Å²) in [6.45, 7) is 8.21. The van der Waals surface area contributed by atoms with Crippen LogP contribution < -0.4 is 15.4 Å². The van der Waals surface area contributed by atoms with E-state index in [2.05, 4.69) is 10.6 Å². The third-order valence-corrected chi connectivity index (χ3v) is 2.95. The lowest BCUT2D eigenvalue weighted by Gasteiger charge is -2.23. The Morgan fingerprint density at radius 3 is 2.56 bits per heavy atom. The van der Waals surface area contributed by atoms with Crippen molar-refractivity contribution in [2.75, 3.05) is 19.0 Å². The first-order chi connectivity index (χ1) is 8.40. The van der Waals surface area contributed by atoms with E-state index in [1.165, 1.54) is 0 Å². The van der Waals surface area contributed by atoms with Crippen LogP contribution in [0.4, 0.5) is 5.69 Å². The van der Waals surface area contributed by atoms with E-state index in [9.17, 15) is 4.79 Å². The van der Waals surface area contributed by atoms with Gasteiger partial charge in [0.05, 0.1) is 12.1 Å². The fourth-order valence-electron chi connectivity index (χ4n) is 1.42. The lowest BCUT2D eigenvalue weighted by molar-refractivity contribution is -0.121. The highest BCUT2D eigenvalue weighted by molar-refractivity contribution is 5.98. The molecule has 0 bridgehead atoms. The first-order valence-electron chi connectivity index (χ1n) is 6.14. The van der Waals surface area contributed by atoms with Gasteiger partial charge in [0.25, 0.3) is 0 Å². The van der Waals surface area contributed by atoms with E-state index in [0.29, 0.717) is 6.61 Å². The molecule has 0 fully saturated rings. The molecule has 0 aliphatic carbocycles. The van der Waals surface area contributed by atoms with Gasteiger partial charge in [-0.25, -0.2) is 0 Å². The summed E-state index contributed by atoms with van der Waals surface area (Å²) >= 11 is 0. The molecule has 4 heteroatoms. The van der Waals surface area contributed by atoms with E-state index in [4.69, 9.17) is 4.74 Å². The number of rotatable bonds is 5. The molecule has 18 heavy (non-hydrogen) atoms. The molecule has 1 rings (SSSR count). The van der Waals surface area contributed by atoms with Crippen molar-refractivity contribution in [2.24, 2.45) is 0 Å². The second kappa shape index (κ2) is 5.87. The molecule has 2 N–H and O–H groups in total. The zero-order valence-electron chi connectivity index (χ0n) is 11.8. The fourth-order valence-corrected chi connectivity index (χ4v) is 1.42. The first-order valence-corrected chi connectivity index (χ1v) is 6.14. The molecule has 0 unspecified atom stereocenters. The lowest BCUT2D eigenvalue weighted by Crippen LogP contribution is -2.48. The van der Waals surface area contributed by atoms with Crippen LogP contribution in [0, 0.1) is 6.92 Å². The summed E-state index contributed by atoms with van der Waals surface area (Å²) in [5.41, 5.74) is 1.21. The third kappa shape index (κ3) is 3.47. The smallest absolute Gasteiger partial charge is 0.244 e. The molecule has 0 atom stereocenters. The Hall–Kier alpha value is -1.55. The number of aryl methyl sites for hydroxylation is 1. The number of amides is 1. The average Bonchev–Trinajstić information content (AvgIpc) is 2.32. The molecular weight excluding hydrogens is 228 g/mol. The molecule has 0 aromatic heterocycles. The fraction of sp³-hybridized carbons (Fsp3) is 0.500. The van der Waals surface area contributed by atoms with Crippen molar-refractivity contribution in [2.45, 2.75) is 33.2 Å². The van der Waals surface area contributed by atoms with Crippen LogP contribution in [-0.2, 0) is 4.79 Å². The van der Waals surface area contributed by atoms with Crippen LogP contribution in [0.15, 0.2) is 18.2 Å². The second-order valence-electron chi connectivity index (χ2n) is 4.74. The molecule has 1 amide bonds. The predicted molar refractivity (Wildman–Crippen MR) is 74.1 cm³/mol. The molecule has 0 radical (unpaired) electrons. The molecule has 1 aromatic carbocycles. The van der Waals surface area contributed by atoms with Crippen molar-refractivity contribution < 1.29 is 9.53 Å². The van der Waals surface area contributed by atoms with Crippen LogP contribution in [0.1, 0.15) is 26.3 Å². The first kappa shape index (κ1) is 14.5. The lowest BCUT2D eigenvalue weighted by atomic mass is 10.0. The van der Waals surface area contributed by atoms with Crippen molar-refractivity contribution in [1.29, 1.82) is 0 Å². The van der Waals surface area contributed by atoms with Crippen LogP contribution in [0.2, 0.25) is 0 Å². The van der Waals surface area contributed by atoms with Gasteiger partial charge >= 0.3 is 0 Å². The maximum atomic E-state index is 12.0. The zero-order valence-corrected chi connectivity index (χ0v) is 11.8. The molecule has 0 saturated heterocycles. The summed E-state index contributed by atoms with van der Waals surface area (Å²) in [6.07, 6.45) is 0. The number of likely N-dealkylation sites (N-methyl/N-ethyl adjacent to an activating group) is 1. The number of hydrogen-bond acceptors (Lipinski definition) is 3. The highest BCUT2D eigenvalue weighted by Gasteiger charge is 2.25. The van der Waals surface area contributed by atoms with E-state index in [-0.39, 0.29) is 5.91 Å². The third-order valence-electron chi connectivity index (χ3n) is 2.95. The molecular formula is C14H22N2O2. The zero-order chi connectivity index (χ0) is 13.8. The SMILES string of the molecule is CCOc1ccc(NC(=O)C(C)(C)NC)c(C)c1. The summed E-state index contributed by atoms with van der Waals surface area (Å²) in [6, 6.07) is 5.65. The summed E-state index contributed by atoms with van der Waals surface area (Å²) in [4.78, 5) is 12.0. The molecule has 0 heterocycles. The Labute approximate surface area is 109 Å². The van der Waals surface area contributed by atoms with Crippen molar-refractivity contribution in [1.82, 2.24) is 5.32 Å². The number of anilines is 1. The van der Waals surface area contributed by atoms with Gasteiger partial charge in [-0.15, -0.1) is 0 Å². The second-order valence-corrected chi connectivity index (χ2v) is 4.74. The van der Waals surface area contributed by atoms with Gasteiger partial charge in [0.2, 0.25) is 5.91 Å². The van der Waals surface area contributed by atoms with Crippen LogP contribution in [0.3, 0.4) is 0 Å². The van der Waals surface area contributed by atoms with Gasteiger partial charge < -0.3 is 15.4 Å². The minimum atomic E-state index is -0.592. The van der Waals surface area contributed by atoms with Gasteiger partial charge in [-0.3, -0.25) is 4.79 Å². The predicted octanol–water partition coefficient (Wildman–Crippen LogP) is 2.33. The average molecular weight is 250 g/mol. The van der Waals surface area contributed by atoms with Gasteiger partial charge in [0, 0.05) is 5.69 Å². The largest absolute Gasteiger partial charge is 0.494 e. The molecule has 0 saturated carbocycles. The van der Waals surface area contributed by atoms with E-state index < -0.39 is 5.54 Å². The van der Waals surface area contributed by atoms with Crippen LogP contribution >= 0.6 is 0 Å². The molecule has 4 nitrogen and oxygen atoms in total. The number of benzene rings is 1. The summed E-state index contributed by atoms with van der Waals surface area (Å²) in [5.74, 6) is 0.762. The number of ether oxygens (including phenoxy) is 1. The van der Waals surface area contributed by atoms with E-state index in [1.54, 1.807) is 7.05 Å². The Balaban J connectivity index is 2.83. The highest BCUT2D eigenvalue weighted by atomic mass is 16.5. The summed E-state index contributed by atoms with van der Waals surface area (Å²) < 4.78 is 5.41. The standard InChI is InChI=1S/C14H22N2O2/c1-6-18-11-7-8-12(10(2)9-11)16-13(17)14(3,4)15-5/h7-9,15H,6H2,1-5H3,(H,16,17). The molecule has 1 aromatic rings. The minimum absolute atomic E-state index is 0.0581. The van der Waals surface area contributed by atoms with Crippen LogP contribution in [-0.4, -0.2) is 25.1 Å². The monoisotopic (exact) mass is 250 g/mol. The normalized spacial score (nSPS) is 11.2. The summed E-state index contributed by atoms with van der Waals surface area (Å²) in [7, 11) is 1.77. The Morgan fingerprint density at radius 2 is 2.06 bits per heavy atom. The number of carbonyl (C=O) groups is 1. The Kier molecular flexibility index (Phi) is 4.73. The van der Waals surface area contributed by atoms with E-state index >= 15 is 0 Å².